The molecule has 3 aliphatic rings. The Morgan fingerprint density at radius 2 is 2.09 bits per heavy atom. The SMILES string of the molecule is C=CCOC(C)(C)C(=O)N=S(N)(=O)c1ccc2c(c1)N(C[C@@H]1CC[C@H]1[C@H](C=C)OC)C[C@@]1(CCCc3cc(Cl)ccc31)CO2. The summed E-state index contributed by atoms with van der Waals surface area (Å²) in [5.74, 6) is 0.712. The first-order valence-corrected chi connectivity index (χ1v) is 17.2. The Balaban J connectivity index is 1.55. The number of benzene rings is 2. The fraction of sp³-hybridized carbons (Fsp3) is 0.500. The number of carbonyl (C=O) groups is 1. The Morgan fingerprint density at radius 1 is 1.30 bits per heavy atom. The Kier molecular flexibility index (Phi) is 9.64. The maximum absolute atomic E-state index is 13.8. The van der Waals surface area contributed by atoms with E-state index in [1.165, 1.54) is 11.1 Å². The number of fused-ring (bicyclic) bond motifs is 3. The van der Waals surface area contributed by atoms with Crippen molar-refractivity contribution in [3.8, 4) is 5.75 Å². The number of anilines is 1. The molecule has 2 aromatic carbocycles. The van der Waals surface area contributed by atoms with Crippen LogP contribution >= 0.6 is 11.6 Å². The molecule has 0 saturated heterocycles. The van der Waals surface area contributed by atoms with Gasteiger partial charge in [-0.3, -0.25) is 4.79 Å². The van der Waals surface area contributed by atoms with Crippen LogP contribution in [0.1, 0.15) is 50.7 Å². The number of carbonyl (C=O) groups excluding carboxylic acids is 1. The number of hydrogen-bond donors (Lipinski definition) is 1. The summed E-state index contributed by atoms with van der Waals surface area (Å²) in [7, 11) is -1.86. The minimum atomic E-state index is -3.59. The van der Waals surface area contributed by atoms with E-state index in [0.29, 0.717) is 30.7 Å². The molecule has 2 aliphatic carbocycles. The van der Waals surface area contributed by atoms with Crippen LogP contribution in [0.15, 0.2) is 71.0 Å². The van der Waals surface area contributed by atoms with Gasteiger partial charge in [0.1, 0.15) is 21.3 Å². The van der Waals surface area contributed by atoms with Crippen LogP contribution in [0.3, 0.4) is 0 Å². The van der Waals surface area contributed by atoms with Crippen LogP contribution in [-0.2, 0) is 36.0 Å². The average Bonchev–Trinajstić information content (AvgIpc) is 3.13. The van der Waals surface area contributed by atoms with Crippen LogP contribution in [0.25, 0.3) is 0 Å². The standard InChI is InChI=1S/C34H44ClN3O5S/c1-6-17-43-33(3,4)32(39)37-44(36,40)26-12-15-31-29(19-26)38(20-24-10-13-27(24)30(7-2)41-5)21-34(22-42-31)16-8-9-23-18-25(35)11-14-28(23)34/h6-7,11-12,14-15,18-19,24,27,30H,1-2,8-10,13,16-17,20-22H2,3-5H3,(H2,36,37,39,40)/t24-,27+,30-,34-,44?/m0/s1. The van der Waals surface area contributed by atoms with Crippen molar-refractivity contribution in [1.29, 1.82) is 0 Å². The van der Waals surface area contributed by atoms with Gasteiger partial charge in [0.05, 0.1) is 29.9 Å². The molecule has 1 fully saturated rings. The first kappa shape index (κ1) is 32.7. The summed E-state index contributed by atoms with van der Waals surface area (Å²) >= 11 is 6.41. The molecule has 2 N–H and O–H groups in total. The number of rotatable bonds is 10. The van der Waals surface area contributed by atoms with E-state index in [-0.39, 0.29) is 23.0 Å². The third-order valence-corrected chi connectivity index (χ3v) is 11.1. The van der Waals surface area contributed by atoms with Crippen molar-refractivity contribution in [2.24, 2.45) is 21.3 Å². The van der Waals surface area contributed by atoms with Gasteiger partial charge in [0.2, 0.25) is 0 Å². The van der Waals surface area contributed by atoms with Crippen molar-refractivity contribution in [2.75, 3.05) is 38.3 Å². The molecular formula is C34H44ClN3O5S. The molecule has 1 spiro atoms. The molecule has 0 bridgehead atoms. The van der Waals surface area contributed by atoms with Crippen molar-refractivity contribution >= 4 is 33.1 Å². The molecule has 1 unspecified atom stereocenters. The van der Waals surface area contributed by atoms with Crippen LogP contribution in [0, 0.1) is 11.8 Å². The van der Waals surface area contributed by atoms with E-state index >= 15 is 0 Å². The van der Waals surface area contributed by atoms with Crippen LogP contribution in [0.2, 0.25) is 5.02 Å². The summed E-state index contributed by atoms with van der Waals surface area (Å²) in [6, 6.07) is 11.4. The molecule has 10 heteroatoms. The number of methoxy groups -OCH3 is 1. The van der Waals surface area contributed by atoms with Crippen molar-refractivity contribution < 1.29 is 23.2 Å². The fourth-order valence-corrected chi connectivity index (χ4v) is 8.18. The van der Waals surface area contributed by atoms with Gasteiger partial charge >= 0.3 is 0 Å². The van der Waals surface area contributed by atoms with Crippen LogP contribution in [0.4, 0.5) is 5.69 Å². The van der Waals surface area contributed by atoms with E-state index < -0.39 is 21.4 Å². The molecular weight excluding hydrogens is 598 g/mol. The van der Waals surface area contributed by atoms with Gasteiger partial charge in [-0.15, -0.1) is 17.5 Å². The summed E-state index contributed by atoms with van der Waals surface area (Å²) in [5.41, 5.74) is 1.76. The molecule has 5 rings (SSSR count). The number of aryl methyl sites for hydroxylation is 1. The van der Waals surface area contributed by atoms with Crippen molar-refractivity contribution in [1.82, 2.24) is 0 Å². The number of ether oxygens (including phenoxy) is 3. The quantitative estimate of drug-likeness (QED) is 0.308. The predicted octanol–water partition coefficient (Wildman–Crippen LogP) is 6.25. The van der Waals surface area contributed by atoms with Crippen LogP contribution in [-0.4, -0.2) is 55.2 Å². The highest BCUT2D eigenvalue weighted by Crippen LogP contribution is 2.47. The summed E-state index contributed by atoms with van der Waals surface area (Å²) in [5, 5.41) is 7.03. The minimum absolute atomic E-state index is 0.0199. The number of halogens is 1. The average molecular weight is 642 g/mol. The fourth-order valence-electron chi connectivity index (χ4n) is 6.87. The van der Waals surface area contributed by atoms with E-state index in [2.05, 4.69) is 34.6 Å². The summed E-state index contributed by atoms with van der Waals surface area (Å²) in [4.78, 5) is 15.6. The zero-order chi connectivity index (χ0) is 31.7. The van der Waals surface area contributed by atoms with Gasteiger partial charge < -0.3 is 19.1 Å². The molecule has 1 saturated carbocycles. The van der Waals surface area contributed by atoms with E-state index in [9.17, 15) is 9.00 Å². The molecule has 8 nitrogen and oxygen atoms in total. The van der Waals surface area contributed by atoms with E-state index in [4.69, 9.17) is 31.0 Å². The second-order valence-electron chi connectivity index (χ2n) is 12.7. The normalized spacial score (nSPS) is 24.9. The largest absolute Gasteiger partial charge is 0.490 e. The lowest BCUT2D eigenvalue weighted by Crippen LogP contribution is -2.49. The van der Waals surface area contributed by atoms with E-state index in [1.54, 1.807) is 45.2 Å². The Hall–Kier alpha value is -2.69. The maximum Gasteiger partial charge on any atom is 0.286 e. The number of nitrogens with zero attached hydrogens (tertiary/aromatic N) is 2. The van der Waals surface area contributed by atoms with Gasteiger partial charge in [0.25, 0.3) is 5.91 Å². The van der Waals surface area contributed by atoms with Crippen molar-refractivity contribution in [3.63, 3.8) is 0 Å². The third kappa shape index (κ3) is 6.49. The number of nitrogens with two attached hydrogens (primary N) is 1. The third-order valence-electron chi connectivity index (χ3n) is 9.50. The van der Waals surface area contributed by atoms with Gasteiger partial charge in [0.15, 0.2) is 0 Å². The molecule has 1 amide bonds. The number of amides is 1. The first-order valence-electron chi connectivity index (χ1n) is 15.2. The predicted molar refractivity (Wildman–Crippen MR) is 176 cm³/mol. The summed E-state index contributed by atoms with van der Waals surface area (Å²) in [6.07, 6.45) is 8.53. The first-order chi connectivity index (χ1) is 20.9. The van der Waals surface area contributed by atoms with Gasteiger partial charge in [-0.2, -0.15) is 0 Å². The summed E-state index contributed by atoms with van der Waals surface area (Å²) in [6.45, 7) is 12.9. The smallest absolute Gasteiger partial charge is 0.286 e. The Labute approximate surface area is 266 Å². The Bertz CT molecular complexity index is 1550. The lowest BCUT2D eigenvalue weighted by atomic mass is 9.68. The highest BCUT2D eigenvalue weighted by molar-refractivity contribution is 7.91. The molecule has 1 heterocycles. The number of hydrogen-bond acceptors (Lipinski definition) is 6. The minimum Gasteiger partial charge on any atom is -0.490 e. The van der Waals surface area contributed by atoms with Crippen molar-refractivity contribution in [3.05, 3.63) is 77.9 Å². The highest BCUT2D eigenvalue weighted by atomic mass is 35.5. The van der Waals surface area contributed by atoms with Crippen LogP contribution in [0.5, 0.6) is 5.75 Å². The lowest BCUT2D eigenvalue weighted by molar-refractivity contribution is -0.137. The molecule has 0 radical (unpaired) electrons. The van der Waals surface area contributed by atoms with Gasteiger partial charge in [0, 0.05) is 30.6 Å². The second-order valence-corrected chi connectivity index (χ2v) is 15.0. The molecule has 238 valence electrons. The van der Waals surface area contributed by atoms with Crippen LogP contribution < -0.4 is 14.8 Å². The Morgan fingerprint density at radius 3 is 2.77 bits per heavy atom. The van der Waals surface area contributed by atoms with Gasteiger partial charge in [-0.05, 0) is 99.2 Å². The topological polar surface area (TPSA) is 103 Å². The zero-order valence-corrected chi connectivity index (χ0v) is 27.5. The lowest BCUT2D eigenvalue weighted by Gasteiger charge is -2.46. The monoisotopic (exact) mass is 641 g/mol. The maximum atomic E-state index is 13.8. The molecule has 0 aromatic heterocycles. The van der Waals surface area contributed by atoms with Crippen molar-refractivity contribution in [2.45, 2.75) is 68.0 Å². The summed E-state index contributed by atoms with van der Waals surface area (Å²) < 4.78 is 35.7. The molecule has 44 heavy (non-hydrogen) atoms. The van der Waals surface area contributed by atoms with Gasteiger partial charge in [-0.25, -0.2) is 9.35 Å². The second kappa shape index (κ2) is 13.0. The molecule has 5 atom stereocenters. The van der Waals surface area contributed by atoms with E-state index in [0.717, 1.165) is 49.4 Å². The molecule has 1 aliphatic heterocycles. The highest BCUT2D eigenvalue weighted by Gasteiger charge is 2.44. The molecule has 2 aromatic rings. The van der Waals surface area contributed by atoms with Gasteiger partial charge in [-0.1, -0.05) is 29.8 Å². The van der Waals surface area contributed by atoms with E-state index in [1.807, 2.05) is 12.1 Å². The zero-order valence-electron chi connectivity index (χ0n) is 25.9.